The van der Waals surface area contributed by atoms with Crippen molar-refractivity contribution in [2.75, 3.05) is 23.5 Å². The van der Waals surface area contributed by atoms with E-state index in [1.807, 2.05) is 30.3 Å². The number of hydrogen-bond donors (Lipinski definition) is 0. The van der Waals surface area contributed by atoms with Gasteiger partial charge in [0.1, 0.15) is 12.1 Å². The number of fused-ring (bicyclic) bond motifs is 1. The van der Waals surface area contributed by atoms with Crippen molar-refractivity contribution in [1.82, 2.24) is 19.6 Å². The molecular formula is C17H19N5OS. The van der Waals surface area contributed by atoms with Gasteiger partial charge in [-0.2, -0.15) is 14.6 Å². The van der Waals surface area contributed by atoms with Gasteiger partial charge in [-0.15, -0.1) is 0 Å². The average Bonchev–Trinajstić information content (AvgIpc) is 3.10. The quantitative estimate of drug-likeness (QED) is 0.730. The molecule has 1 aliphatic rings. The second-order valence-electron chi connectivity index (χ2n) is 6.03. The van der Waals surface area contributed by atoms with E-state index >= 15 is 0 Å². The Labute approximate surface area is 143 Å². The second kappa shape index (κ2) is 6.32. The smallest absolute Gasteiger partial charge is 0.254 e. The van der Waals surface area contributed by atoms with Crippen LogP contribution in [0.15, 0.2) is 42.7 Å². The molecule has 3 heterocycles. The number of benzene rings is 1. The minimum atomic E-state index is -0.661. The number of aromatic nitrogens is 4. The molecule has 0 unspecified atom stereocenters. The van der Waals surface area contributed by atoms with E-state index < -0.39 is 10.8 Å². The van der Waals surface area contributed by atoms with Crippen LogP contribution >= 0.6 is 0 Å². The Bertz CT molecular complexity index is 869. The Morgan fingerprint density at radius 2 is 1.96 bits per heavy atom. The molecule has 0 spiro atoms. The number of hydrogen-bond acceptors (Lipinski definition) is 5. The predicted octanol–water partition coefficient (Wildman–Crippen LogP) is 2.14. The van der Waals surface area contributed by atoms with Crippen LogP contribution in [-0.2, 0) is 10.8 Å². The molecule has 0 N–H and O–H groups in total. The predicted molar refractivity (Wildman–Crippen MR) is 95.5 cm³/mol. The van der Waals surface area contributed by atoms with E-state index in [0.717, 1.165) is 41.4 Å². The van der Waals surface area contributed by atoms with Crippen LogP contribution in [0.1, 0.15) is 12.8 Å². The van der Waals surface area contributed by atoms with Crippen molar-refractivity contribution in [2.45, 2.75) is 18.9 Å². The maximum atomic E-state index is 11.6. The zero-order valence-electron chi connectivity index (χ0n) is 13.5. The highest BCUT2D eigenvalue weighted by atomic mass is 32.2. The average molecular weight is 341 g/mol. The van der Waals surface area contributed by atoms with Gasteiger partial charge in [0.2, 0.25) is 0 Å². The molecule has 1 aliphatic heterocycles. The zero-order valence-corrected chi connectivity index (χ0v) is 14.3. The van der Waals surface area contributed by atoms with Crippen LogP contribution in [0.2, 0.25) is 0 Å². The van der Waals surface area contributed by atoms with Crippen molar-refractivity contribution in [3.05, 3.63) is 42.7 Å². The summed E-state index contributed by atoms with van der Waals surface area (Å²) < 4.78 is 13.4. The topological polar surface area (TPSA) is 63.4 Å². The van der Waals surface area contributed by atoms with Crippen LogP contribution in [-0.4, -0.2) is 48.4 Å². The Kier molecular flexibility index (Phi) is 4.02. The minimum absolute atomic E-state index is 0.362. The van der Waals surface area contributed by atoms with Gasteiger partial charge < -0.3 is 4.90 Å². The highest BCUT2D eigenvalue weighted by molar-refractivity contribution is 7.85. The first kappa shape index (κ1) is 15.3. The molecular weight excluding hydrogens is 322 g/mol. The standard InChI is InChI=1S/C17H19N5OS/c1-21(14-7-9-24(23)10-8-14)16-11-15(13-5-3-2-4-6-13)20-17-18-12-19-22(16)17/h2-6,11-12,14H,7-10H2,1H3. The van der Waals surface area contributed by atoms with Gasteiger partial charge in [0.05, 0.1) is 5.69 Å². The molecule has 6 nitrogen and oxygen atoms in total. The first-order valence-electron chi connectivity index (χ1n) is 8.06. The van der Waals surface area contributed by atoms with Gasteiger partial charge in [-0.3, -0.25) is 4.21 Å². The first-order chi connectivity index (χ1) is 11.7. The third kappa shape index (κ3) is 2.80. The molecule has 0 atom stereocenters. The van der Waals surface area contributed by atoms with Gasteiger partial charge in [0, 0.05) is 47.0 Å². The van der Waals surface area contributed by atoms with Gasteiger partial charge >= 0.3 is 0 Å². The highest BCUT2D eigenvalue weighted by Crippen LogP contribution is 2.26. The lowest BCUT2D eigenvalue weighted by atomic mass is 10.1. The van der Waals surface area contributed by atoms with Gasteiger partial charge in [-0.05, 0) is 12.8 Å². The minimum Gasteiger partial charge on any atom is -0.356 e. The first-order valence-corrected chi connectivity index (χ1v) is 9.55. The van der Waals surface area contributed by atoms with Crippen molar-refractivity contribution in [1.29, 1.82) is 0 Å². The normalized spacial score (nSPS) is 21.0. The van der Waals surface area contributed by atoms with Crippen molar-refractivity contribution in [3.63, 3.8) is 0 Å². The maximum Gasteiger partial charge on any atom is 0.254 e. The lowest BCUT2D eigenvalue weighted by molar-refractivity contribution is 0.562. The summed E-state index contributed by atoms with van der Waals surface area (Å²) in [5.74, 6) is 3.10. The van der Waals surface area contributed by atoms with Crippen molar-refractivity contribution < 1.29 is 4.21 Å². The van der Waals surface area contributed by atoms with Crippen molar-refractivity contribution >= 4 is 22.4 Å². The lowest BCUT2D eigenvalue weighted by Crippen LogP contribution is -2.38. The van der Waals surface area contributed by atoms with E-state index in [1.165, 1.54) is 6.33 Å². The summed E-state index contributed by atoms with van der Waals surface area (Å²) in [5.41, 5.74) is 1.94. The van der Waals surface area contributed by atoms with E-state index in [1.54, 1.807) is 4.52 Å². The van der Waals surface area contributed by atoms with Gasteiger partial charge in [-0.1, -0.05) is 30.3 Å². The molecule has 0 radical (unpaired) electrons. The number of rotatable bonds is 3. The van der Waals surface area contributed by atoms with E-state index in [2.05, 4.69) is 33.1 Å². The Hall–Kier alpha value is -2.28. The fourth-order valence-corrected chi connectivity index (χ4v) is 4.43. The van der Waals surface area contributed by atoms with Gasteiger partial charge in [-0.25, -0.2) is 4.98 Å². The number of anilines is 1. The summed E-state index contributed by atoms with van der Waals surface area (Å²) >= 11 is 0. The van der Waals surface area contributed by atoms with E-state index in [4.69, 9.17) is 0 Å². The third-order valence-corrected chi connectivity index (χ3v) is 5.95. The fourth-order valence-electron chi connectivity index (χ4n) is 3.16. The van der Waals surface area contributed by atoms with E-state index in [-0.39, 0.29) is 0 Å². The van der Waals surface area contributed by atoms with Crippen LogP contribution in [0.5, 0.6) is 0 Å². The molecule has 4 rings (SSSR count). The molecule has 0 bridgehead atoms. The zero-order chi connectivity index (χ0) is 16.5. The molecule has 3 aromatic rings. The van der Waals surface area contributed by atoms with Crippen LogP contribution in [0.25, 0.3) is 17.0 Å². The number of nitrogens with zero attached hydrogens (tertiary/aromatic N) is 5. The van der Waals surface area contributed by atoms with Gasteiger partial charge in [0.25, 0.3) is 5.78 Å². The Morgan fingerprint density at radius 3 is 2.71 bits per heavy atom. The summed E-state index contributed by atoms with van der Waals surface area (Å²) in [6.07, 6.45) is 3.40. The summed E-state index contributed by atoms with van der Waals surface area (Å²) in [6, 6.07) is 12.5. The molecule has 124 valence electrons. The van der Waals surface area contributed by atoms with Crippen LogP contribution in [0.3, 0.4) is 0 Å². The van der Waals surface area contributed by atoms with Crippen molar-refractivity contribution in [3.8, 4) is 11.3 Å². The molecule has 2 aromatic heterocycles. The molecule has 0 amide bonds. The third-order valence-electron chi connectivity index (χ3n) is 4.57. The van der Waals surface area contributed by atoms with E-state index in [9.17, 15) is 4.21 Å². The SMILES string of the molecule is CN(c1cc(-c2ccccc2)nc2ncnn12)C1CCS(=O)CC1. The molecule has 0 saturated carbocycles. The molecule has 0 aliphatic carbocycles. The Balaban J connectivity index is 1.76. The lowest BCUT2D eigenvalue weighted by Gasteiger charge is -2.32. The van der Waals surface area contributed by atoms with Crippen LogP contribution in [0.4, 0.5) is 5.82 Å². The summed E-state index contributed by atoms with van der Waals surface area (Å²) in [7, 11) is 1.41. The second-order valence-corrected chi connectivity index (χ2v) is 7.72. The molecule has 24 heavy (non-hydrogen) atoms. The monoisotopic (exact) mass is 341 g/mol. The maximum absolute atomic E-state index is 11.6. The van der Waals surface area contributed by atoms with E-state index in [0.29, 0.717) is 11.8 Å². The largest absolute Gasteiger partial charge is 0.356 e. The molecule has 7 heteroatoms. The molecule has 1 saturated heterocycles. The summed E-state index contributed by atoms with van der Waals surface area (Å²) in [4.78, 5) is 11.1. The summed E-state index contributed by atoms with van der Waals surface area (Å²) in [6.45, 7) is 0. The van der Waals surface area contributed by atoms with Gasteiger partial charge in [0.15, 0.2) is 0 Å². The Morgan fingerprint density at radius 1 is 1.21 bits per heavy atom. The highest BCUT2D eigenvalue weighted by Gasteiger charge is 2.24. The van der Waals surface area contributed by atoms with Crippen LogP contribution in [0, 0.1) is 0 Å². The summed E-state index contributed by atoms with van der Waals surface area (Å²) in [5, 5.41) is 4.33. The fraction of sp³-hybridized carbons (Fsp3) is 0.353. The molecule has 1 fully saturated rings. The van der Waals surface area contributed by atoms with Crippen LogP contribution < -0.4 is 4.90 Å². The van der Waals surface area contributed by atoms with Crippen molar-refractivity contribution in [2.24, 2.45) is 0 Å². The molecule has 1 aromatic carbocycles.